The van der Waals surface area contributed by atoms with E-state index in [-0.39, 0.29) is 29.7 Å². The van der Waals surface area contributed by atoms with Crippen molar-refractivity contribution >= 4 is 11.9 Å². The minimum Gasteiger partial charge on any atom is -0.481 e. The molecule has 1 amide bonds. The summed E-state index contributed by atoms with van der Waals surface area (Å²) < 4.78 is 0. The first-order chi connectivity index (χ1) is 8.78. The number of carbonyl (C=O) groups excluding carboxylic acids is 1. The molecule has 1 aliphatic carbocycles. The molecule has 0 radical (unpaired) electrons. The number of hydrogen-bond donors (Lipinski definition) is 2. The zero-order valence-electron chi connectivity index (χ0n) is 12.1. The number of rotatable bonds is 5. The number of carboxylic acids is 1. The summed E-state index contributed by atoms with van der Waals surface area (Å²) in [5.41, 5.74) is -0.000135. The maximum absolute atomic E-state index is 12.1. The van der Waals surface area contributed by atoms with Gasteiger partial charge in [0.15, 0.2) is 0 Å². The first-order valence-corrected chi connectivity index (χ1v) is 6.95. The van der Waals surface area contributed by atoms with Gasteiger partial charge in [-0.15, -0.1) is 0 Å². The highest BCUT2D eigenvalue weighted by Crippen LogP contribution is 2.24. The van der Waals surface area contributed by atoms with Crippen LogP contribution in [0.3, 0.4) is 0 Å². The first-order valence-electron chi connectivity index (χ1n) is 6.95. The number of carboxylic acid groups (broad SMARTS) is 1. The summed E-state index contributed by atoms with van der Waals surface area (Å²) in [4.78, 5) is 23.0. The van der Waals surface area contributed by atoms with E-state index < -0.39 is 5.97 Å². The Bertz CT molecular complexity index is 355. The van der Waals surface area contributed by atoms with Crippen LogP contribution in [0.15, 0.2) is 12.2 Å². The van der Waals surface area contributed by atoms with Crippen LogP contribution in [0.5, 0.6) is 0 Å². The molecular formula is C15H25NO3. The largest absolute Gasteiger partial charge is 0.481 e. The van der Waals surface area contributed by atoms with Crippen molar-refractivity contribution < 1.29 is 14.7 Å². The highest BCUT2D eigenvalue weighted by Gasteiger charge is 2.26. The smallest absolute Gasteiger partial charge is 0.305 e. The highest BCUT2D eigenvalue weighted by atomic mass is 16.4. The first kappa shape index (κ1) is 15.7. The van der Waals surface area contributed by atoms with Crippen molar-refractivity contribution in [1.82, 2.24) is 5.32 Å². The van der Waals surface area contributed by atoms with Crippen LogP contribution in [0, 0.1) is 11.3 Å². The molecule has 0 saturated carbocycles. The molecule has 19 heavy (non-hydrogen) atoms. The van der Waals surface area contributed by atoms with Crippen LogP contribution >= 0.6 is 0 Å². The third kappa shape index (κ3) is 6.41. The molecule has 4 nitrogen and oxygen atoms in total. The molecular weight excluding hydrogens is 242 g/mol. The Morgan fingerprint density at radius 2 is 2.05 bits per heavy atom. The minimum atomic E-state index is -0.863. The fraction of sp³-hybridized carbons (Fsp3) is 0.733. The van der Waals surface area contributed by atoms with E-state index in [2.05, 4.69) is 32.2 Å². The standard InChI is InChI=1S/C15H25NO3/c1-15(2,3)10-12(9-13(17)18)16-14(19)11-7-5-4-6-8-11/h4-5,11-12H,6-10H2,1-3H3,(H,16,19)(H,17,18). The van der Waals surface area contributed by atoms with E-state index in [1.54, 1.807) is 0 Å². The second-order valence-corrected chi connectivity index (χ2v) is 6.55. The fourth-order valence-corrected chi connectivity index (χ4v) is 2.47. The molecule has 4 heteroatoms. The van der Waals surface area contributed by atoms with Gasteiger partial charge in [0.1, 0.15) is 0 Å². The Balaban J connectivity index is 2.57. The van der Waals surface area contributed by atoms with Crippen molar-refractivity contribution in [2.24, 2.45) is 11.3 Å². The lowest BCUT2D eigenvalue weighted by Gasteiger charge is -2.27. The van der Waals surface area contributed by atoms with Crippen molar-refractivity contribution in [1.29, 1.82) is 0 Å². The van der Waals surface area contributed by atoms with Gasteiger partial charge in [-0.25, -0.2) is 0 Å². The Hall–Kier alpha value is -1.32. The summed E-state index contributed by atoms with van der Waals surface area (Å²) in [5.74, 6) is -0.862. The molecule has 2 N–H and O–H groups in total. The van der Waals surface area contributed by atoms with Gasteiger partial charge in [0.25, 0.3) is 0 Å². The minimum absolute atomic E-state index is 0.000135. The quantitative estimate of drug-likeness (QED) is 0.753. The van der Waals surface area contributed by atoms with Gasteiger partial charge in [-0.05, 0) is 31.1 Å². The third-order valence-corrected chi connectivity index (χ3v) is 3.27. The van der Waals surface area contributed by atoms with Crippen LogP contribution in [0.25, 0.3) is 0 Å². The van der Waals surface area contributed by atoms with Crippen molar-refractivity contribution in [3.63, 3.8) is 0 Å². The predicted molar refractivity (Wildman–Crippen MR) is 74.7 cm³/mol. The highest BCUT2D eigenvalue weighted by molar-refractivity contribution is 5.80. The van der Waals surface area contributed by atoms with Gasteiger partial charge in [0.2, 0.25) is 5.91 Å². The molecule has 2 atom stereocenters. The Morgan fingerprint density at radius 1 is 1.37 bits per heavy atom. The Kier molecular flexibility index (Phi) is 5.58. The lowest BCUT2D eigenvalue weighted by molar-refractivity contribution is -0.138. The topological polar surface area (TPSA) is 66.4 Å². The summed E-state index contributed by atoms with van der Waals surface area (Å²) in [7, 11) is 0. The van der Waals surface area contributed by atoms with Gasteiger partial charge in [-0.1, -0.05) is 32.9 Å². The van der Waals surface area contributed by atoms with Crippen molar-refractivity contribution in [2.75, 3.05) is 0 Å². The van der Waals surface area contributed by atoms with Gasteiger partial charge in [-0.3, -0.25) is 9.59 Å². The number of allylic oxidation sites excluding steroid dienone is 2. The van der Waals surface area contributed by atoms with Gasteiger partial charge in [0, 0.05) is 12.0 Å². The molecule has 0 saturated heterocycles. The maximum Gasteiger partial charge on any atom is 0.305 e. The number of carbonyl (C=O) groups is 2. The lowest BCUT2D eigenvalue weighted by atomic mass is 9.86. The SMILES string of the molecule is CC(C)(C)CC(CC(=O)O)NC(=O)C1CC=CCC1. The molecule has 1 rings (SSSR count). The summed E-state index contributed by atoms with van der Waals surface area (Å²) in [5, 5.41) is 11.9. The van der Waals surface area contributed by atoms with Crippen molar-refractivity contribution in [3.8, 4) is 0 Å². The maximum atomic E-state index is 12.1. The number of aliphatic carboxylic acids is 1. The molecule has 108 valence electrons. The van der Waals surface area contributed by atoms with Crippen LogP contribution < -0.4 is 5.32 Å². The lowest BCUT2D eigenvalue weighted by Crippen LogP contribution is -2.42. The summed E-state index contributed by atoms with van der Waals surface area (Å²) in [6.45, 7) is 6.16. The van der Waals surface area contributed by atoms with E-state index in [1.165, 1.54) is 0 Å². The average molecular weight is 267 g/mol. The summed E-state index contributed by atoms with van der Waals surface area (Å²) >= 11 is 0. The number of nitrogens with one attached hydrogen (secondary N) is 1. The molecule has 0 aromatic rings. The van der Waals surface area contributed by atoms with Crippen molar-refractivity contribution in [3.05, 3.63) is 12.2 Å². The van der Waals surface area contributed by atoms with Crippen LogP contribution in [0.1, 0.15) is 52.9 Å². The number of amides is 1. The van der Waals surface area contributed by atoms with E-state index in [4.69, 9.17) is 5.11 Å². The molecule has 0 heterocycles. The van der Waals surface area contributed by atoms with Crippen LogP contribution in [0.2, 0.25) is 0 Å². The van der Waals surface area contributed by atoms with E-state index in [1.807, 2.05) is 6.08 Å². The second kappa shape index (κ2) is 6.73. The second-order valence-electron chi connectivity index (χ2n) is 6.55. The monoisotopic (exact) mass is 267 g/mol. The Labute approximate surface area is 115 Å². The molecule has 0 aliphatic heterocycles. The van der Waals surface area contributed by atoms with E-state index in [9.17, 15) is 9.59 Å². The summed E-state index contributed by atoms with van der Waals surface area (Å²) in [6.07, 6.45) is 7.34. The van der Waals surface area contributed by atoms with E-state index >= 15 is 0 Å². The summed E-state index contributed by atoms with van der Waals surface area (Å²) in [6, 6.07) is -0.282. The van der Waals surface area contributed by atoms with Crippen molar-refractivity contribution in [2.45, 2.75) is 58.9 Å². The molecule has 2 unspecified atom stereocenters. The molecule has 0 aromatic carbocycles. The van der Waals surface area contributed by atoms with Crippen LogP contribution in [-0.2, 0) is 9.59 Å². The molecule has 1 aliphatic rings. The average Bonchev–Trinajstić information content (AvgIpc) is 2.26. The normalized spacial score (nSPS) is 20.9. The van der Waals surface area contributed by atoms with E-state index in [0.29, 0.717) is 6.42 Å². The van der Waals surface area contributed by atoms with Crippen LogP contribution in [-0.4, -0.2) is 23.0 Å². The molecule has 0 fully saturated rings. The molecule has 0 bridgehead atoms. The molecule has 0 spiro atoms. The van der Waals surface area contributed by atoms with Gasteiger partial charge >= 0.3 is 5.97 Å². The Morgan fingerprint density at radius 3 is 2.53 bits per heavy atom. The van der Waals surface area contributed by atoms with Gasteiger partial charge in [0.05, 0.1) is 6.42 Å². The molecule has 0 aromatic heterocycles. The third-order valence-electron chi connectivity index (χ3n) is 3.27. The van der Waals surface area contributed by atoms with Gasteiger partial charge < -0.3 is 10.4 Å². The zero-order valence-corrected chi connectivity index (χ0v) is 12.1. The van der Waals surface area contributed by atoms with Gasteiger partial charge in [-0.2, -0.15) is 0 Å². The van der Waals surface area contributed by atoms with E-state index in [0.717, 1.165) is 19.3 Å². The fourth-order valence-electron chi connectivity index (χ4n) is 2.47. The predicted octanol–water partition coefficient (Wildman–Crippen LogP) is 2.74. The zero-order chi connectivity index (χ0) is 14.5. The van der Waals surface area contributed by atoms with Crippen LogP contribution in [0.4, 0.5) is 0 Å². The number of hydrogen-bond acceptors (Lipinski definition) is 2.